The van der Waals surface area contributed by atoms with Gasteiger partial charge in [0.15, 0.2) is 0 Å². The predicted octanol–water partition coefficient (Wildman–Crippen LogP) is 2.69. The summed E-state index contributed by atoms with van der Waals surface area (Å²) in [6.45, 7) is 8.76. The topological polar surface area (TPSA) is 84.0 Å². The number of pyridine rings is 1. The average molecular weight is 407 g/mol. The number of anilines is 1. The summed E-state index contributed by atoms with van der Waals surface area (Å²) in [4.78, 5) is 33.3. The molecule has 0 aliphatic carbocycles. The molecule has 2 amide bonds. The number of nitrogens with one attached hydrogen (secondary N) is 1. The van der Waals surface area contributed by atoms with Crippen LogP contribution in [0, 0.1) is 0 Å². The second-order valence-corrected chi connectivity index (χ2v) is 8.14. The Morgan fingerprint density at radius 2 is 1.93 bits per heavy atom. The number of methoxy groups -OCH3 is 1. The van der Waals surface area contributed by atoms with Crippen LogP contribution in [0.4, 0.5) is 10.6 Å². The highest BCUT2D eigenvalue weighted by Gasteiger charge is 2.23. The van der Waals surface area contributed by atoms with Gasteiger partial charge in [-0.2, -0.15) is 0 Å². The molecule has 0 saturated carbocycles. The zero-order valence-corrected chi connectivity index (χ0v) is 18.1. The molecule has 1 aromatic rings. The van der Waals surface area contributed by atoms with Gasteiger partial charge in [-0.05, 0) is 52.2 Å². The van der Waals surface area contributed by atoms with E-state index in [1.54, 1.807) is 30.3 Å². The molecule has 0 atom stereocenters. The lowest BCUT2D eigenvalue weighted by Crippen LogP contribution is -2.43. The number of ether oxygens (including phenoxy) is 2. The van der Waals surface area contributed by atoms with Crippen molar-refractivity contribution in [1.29, 1.82) is 0 Å². The summed E-state index contributed by atoms with van der Waals surface area (Å²) in [7, 11) is 1.58. The molecule has 1 aliphatic rings. The Bertz CT molecular complexity index is 669. The van der Waals surface area contributed by atoms with Gasteiger partial charge in [-0.1, -0.05) is 0 Å². The first kappa shape index (κ1) is 22.9. The maximum Gasteiger partial charge on any atom is 0.410 e. The fourth-order valence-electron chi connectivity index (χ4n) is 3.15. The van der Waals surface area contributed by atoms with Gasteiger partial charge < -0.3 is 24.6 Å². The van der Waals surface area contributed by atoms with E-state index in [1.807, 2.05) is 20.8 Å². The Kier molecular flexibility index (Phi) is 8.70. The van der Waals surface area contributed by atoms with Gasteiger partial charge in [0.05, 0.1) is 12.2 Å². The first-order valence-corrected chi connectivity index (χ1v) is 10.3. The van der Waals surface area contributed by atoms with Gasteiger partial charge in [-0.15, -0.1) is 0 Å². The third-order valence-electron chi connectivity index (χ3n) is 4.57. The molecule has 1 saturated heterocycles. The van der Waals surface area contributed by atoms with Crippen LogP contribution in [-0.2, 0) is 9.47 Å². The van der Waals surface area contributed by atoms with E-state index in [-0.39, 0.29) is 5.91 Å². The van der Waals surface area contributed by atoms with Crippen molar-refractivity contribution in [3.05, 3.63) is 23.9 Å². The summed E-state index contributed by atoms with van der Waals surface area (Å²) in [5, 5.41) is 2.91. The summed E-state index contributed by atoms with van der Waals surface area (Å²) in [6, 6.07) is 3.57. The Morgan fingerprint density at radius 3 is 2.59 bits per heavy atom. The van der Waals surface area contributed by atoms with Crippen LogP contribution in [0.2, 0.25) is 0 Å². The molecule has 1 N–H and O–H groups in total. The molecule has 0 aromatic carbocycles. The fraction of sp³-hybridized carbons (Fsp3) is 0.667. The SMILES string of the molecule is COCCN(CCNC(=O)c1cccnc1N1CCCCC1)C(=O)OC(C)(C)C. The van der Waals surface area contributed by atoms with Gasteiger partial charge in [-0.25, -0.2) is 9.78 Å². The molecule has 1 fully saturated rings. The lowest BCUT2D eigenvalue weighted by molar-refractivity contribution is 0.0203. The maximum atomic E-state index is 12.8. The highest BCUT2D eigenvalue weighted by Crippen LogP contribution is 2.21. The lowest BCUT2D eigenvalue weighted by atomic mass is 10.1. The third-order valence-corrected chi connectivity index (χ3v) is 4.57. The van der Waals surface area contributed by atoms with Crippen LogP contribution >= 0.6 is 0 Å². The minimum atomic E-state index is -0.579. The fourth-order valence-corrected chi connectivity index (χ4v) is 3.15. The zero-order chi connectivity index (χ0) is 21.3. The molecule has 0 radical (unpaired) electrons. The Morgan fingerprint density at radius 1 is 1.21 bits per heavy atom. The molecule has 2 heterocycles. The van der Waals surface area contributed by atoms with Crippen molar-refractivity contribution in [1.82, 2.24) is 15.2 Å². The molecule has 29 heavy (non-hydrogen) atoms. The van der Waals surface area contributed by atoms with Gasteiger partial charge in [0.25, 0.3) is 5.91 Å². The van der Waals surface area contributed by atoms with Crippen LogP contribution in [-0.4, -0.2) is 73.9 Å². The minimum absolute atomic E-state index is 0.186. The van der Waals surface area contributed by atoms with E-state index in [0.717, 1.165) is 31.7 Å². The molecule has 0 spiro atoms. The van der Waals surface area contributed by atoms with Crippen LogP contribution in [0.1, 0.15) is 50.4 Å². The third kappa shape index (κ3) is 7.53. The van der Waals surface area contributed by atoms with Crippen LogP contribution in [0.5, 0.6) is 0 Å². The Hall–Kier alpha value is -2.35. The number of hydrogen-bond donors (Lipinski definition) is 1. The van der Waals surface area contributed by atoms with E-state index in [0.29, 0.717) is 31.8 Å². The van der Waals surface area contributed by atoms with E-state index in [4.69, 9.17) is 9.47 Å². The number of amides is 2. The number of nitrogens with zero attached hydrogens (tertiary/aromatic N) is 3. The van der Waals surface area contributed by atoms with E-state index < -0.39 is 11.7 Å². The molecule has 8 nitrogen and oxygen atoms in total. The van der Waals surface area contributed by atoms with Gasteiger partial charge in [-0.3, -0.25) is 4.79 Å². The van der Waals surface area contributed by atoms with Crippen LogP contribution in [0.15, 0.2) is 18.3 Å². The second-order valence-electron chi connectivity index (χ2n) is 8.14. The quantitative estimate of drug-likeness (QED) is 0.715. The molecule has 162 valence electrons. The molecular weight excluding hydrogens is 372 g/mol. The monoisotopic (exact) mass is 406 g/mol. The maximum absolute atomic E-state index is 12.8. The number of piperidine rings is 1. The van der Waals surface area contributed by atoms with Gasteiger partial charge in [0, 0.05) is 46.0 Å². The molecule has 1 aliphatic heterocycles. The molecule has 0 bridgehead atoms. The number of rotatable bonds is 8. The highest BCUT2D eigenvalue weighted by atomic mass is 16.6. The number of carbonyl (C=O) groups excluding carboxylic acids is 2. The molecule has 8 heteroatoms. The summed E-state index contributed by atoms with van der Waals surface area (Å²) in [5.41, 5.74) is -0.0137. The molecular formula is C21H34N4O4. The van der Waals surface area contributed by atoms with Crippen molar-refractivity contribution in [3.8, 4) is 0 Å². The lowest BCUT2D eigenvalue weighted by Gasteiger charge is -2.29. The largest absolute Gasteiger partial charge is 0.444 e. The predicted molar refractivity (Wildman–Crippen MR) is 112 cm³/mol. The summed E-state index contributed by atoms with van der Waals surface area (Å²) >= 11 is 0. The van der Waals surface area contributed by atoms with Crippen molar-refractivity contribution in [2.45, 2.75) is 45.6 Å². The van der Waals surface area contributed by atoms with Crippen molar-refractivity contribution in [2.75, 3.05) is 51.3 Å². The van der Waals surface area contributed by atoms with Gasteiger partial charge >= 0.3 is 6.09 Å². The van der Waals surface area contributed by atoms with Crippen molar-refractivity contribution in [2.24, 2.45) is 0 Å². The van der Waals surface area contributed by atoms with E-state index in [9.17, 15) is 9.59 Å². The zero-order valence-electron chi connectivity index (χ0n) is 18.1. The summed E-state index contributed by atoms with van der Waals surface area (Å²) < 4.78 is 10.5. The summed E-state index contributed by atoms with van der Waals surface area (Å²) in [6.07, 6.45) is 4.74. The highest BCUT2D eigenvalue weighted by molar-refractivity contribution is 5.98. The second kappa shape index (κ2) is 11.0. The first-order chi connectivity index (χ1) is 13.8. The van der Waals surface area contributed by atoms with E-state index in [2.05, 4.69) is 15.2 Å². The number of carbonyl (C=O) groups is 2. The Balaban J connectivity index is 1.95. The van der Waals surface area contributed by atoms with Gasteiger partial charge in [0.2, 0.25) is 0 Å². The number of aromatic nitrogens is 1. The molecule has 0 unspecified atom stereocenters. The summed E-state index contributed by atoms with van der Waals surface area (Å²) in [5.74, 6) is 0.544. The van der Waals surface area contributed by atoms with E-state index >= 15 is 0 Å². The minimum Gasteiger partial charge on any atom is -0.444 e. The van der Waals surface area contributed by atoms with Crippen molar-refractivity contribution < 1.29 is 19.1 Å². The van der Waals surface area contributed by atoms with Crippen LogP contribution in [0.25, 0.3) is 0 Å². The van der Waals surface area contributed by atoms with Crippen LogP contribution < -0.4 is 10.2 Å². The normalized spacial score (nSPS) is 14.4. The van der Waals surface area contributed by atoms with E-state index in [1.165, 1.54) is 6.42 Å². The average Bonchev–Trinajstić information content (AvgIpc) is 2.69. The first-order valence-electron chi connectivity index (χ1n) is 10.3. The molecule has 2 rings (SSSR count). The Labute approximate surface area is 173 Å². The van der Waals surface area contributed by atoms with Crippen molar-refractivity contribution >= 4 is 17.8 Å². The smallest absolute Gasteiger partial charge is 0.410 e. The number of hydrogen-bond acceptors (Lipinski definition) is 6. The van der Waals surface area contributed by atoms with Gasteiger partial charge in [0.1, 0.15) is 11.4 Å². The van der Waals surface area contributed by atoms with Crippen molar-refractivity contribution in [3.63, 3.8) is 0 Å². The standard InChI is InChI=1S/C21H34N4O4/c1-21(2,3)29-20(27)25(15-16-28-4)14-11-23-19(26)17-9-8-10-22-18(17)24-12-6-5-7-13-24/h8-10H,5-7,11-16H2,1-4H3,(H,23,26). The molecule has 1 aromatic heterocycles. The van der Waals surface area contributed by atoms with Crippen LogP contribution in [0.3, 0.4) is 0 Å².